The lowest BCUT2D eigenvalue weighted by molar-refractivity contribution is -0.148. The molecule has 0 heterocycles. The van der Waals surface area contributed by atoms with Gasteiger partial charge in [0.05, 0.1) is 12.0 Å². The Morgan fingerprint density at radius 1 is 1.05 bits per heavy atom. The quantitative estimate of drug-likeness (QED) is 0.499. The second-order valence-electron chi connectivity index (χ2n) is 5.76. The van der Waals surface area contributed by atoms with E-state index in [2.05, 4.69) is 6.92 Å². The van der Waals surface area contributed by atoms with E-state index in [0.717, 1.165) is 45.1 Å². The molecule has 0 aromatic carbocycles. The summed E-state index contributed by atoms with van der Waals surface area (Å²) >= 11 is 0. The lowest BCUT2D eigenvalue weighted by atomic mass is 9.97. The normalized spacial score (nSPS) is 24.1. The monoisotopic (exact) mass is 270 g/mol. The van der Waals surface area contributed by atoms with Crippen LogP contribution in [-0.4, -0.2) is 23.8 Å². The zero-order valence-electron chi connectivity index (χ0n) is 12.4. The van der Waals surface area contributed by atoms with Gasteiger partial charge in [-0.25, -0.2) is 0 Å². The fraction of sp³-hybridized carbons (Fsp3) is 0.938. The van der Waals surface area contributed by atoms with Crippen molar-refractivity contribution in [3.8, 4) is 0 Å². The zero-order valence-corrected chi connectivity index (χ0v) is 12.4. The fourth-order valence-corrected chi connectivity index (χ4v) is 2.87. The summed E-state index contributed by atoms with van der Waals surface area (Å²) in [4.78, 5) is 11.2. The summed E-state index contributed by atoms with van der Waals surface area (Å²) in [5, 5.41) is 9.25. The van der Waals surface area contributed by atoms with Crippen molar-refractivity contribution in [2.24, 2.45) is 5.92 Å². The average molecular weight is 270 g/mol. The molecule has 1 aliphatic carbocycles. The molecule has 0 aromatic heterocycles. The largest absolute Gasteiger partial charge is 0.481 e. The molecule has 0 saturated heterocycles. The summed E-state index contributed by atoms with van der Waals surface area (Å²) in [6.07, 6.45) is 12.5. The molecule has 3 nitrogen and oxygen atoms in total. The van der Waals surface area contributed by atoms with Crippen LogP contribution in [0.4, 0.5) is 0 Å². The molecule has 1 rings (SSSR count). The number of ether oxygens (including phenoxy) is 1. The second kappa shape index (κ2) is 10.2. The van der Waals surface area contributed by atoms with Crippen molar-refractivity contribution in [3.05, 3.63) is 0 Å². The molecule has 2 atom stereocenters. The summed E-state index contributed by atoms with van der Waals surface area (Å²) in [5.74, 6) is -0.947. The van der Waals surface area contributed by atoms with E-state index in [-0.39, 0.29) is 12.0 Å². The van der Waals surface area contributed by atoms with Gasteiger partial charge in [0.2, 0.25) is 0 Å². The topological polar surface area (TPSA) is 46.5 Å². The summed E-state index contributed by atoms with van der Waals surface area (Å²) in [6.45, 7) is 2.96. The lowest BCUT2D eigenvalue weighted by Crippen LogP contribution is -2.30. The van der Waals surface area contributed by atoms with E-state index in [0.29, 0.717) is 0 Å². The Hall–Kier alpha value is -0.570. The van der Waals surface area contributed by atoms with Crippen LogP contribution in [0.15, 0.2) is 0 Å². The highest BCUT2D eigenvalue weighted by Gasteiger charge is 2.29. The van der Waals surface area contributed by atoms with E-state index < -0.39 is 5.97 Å². The minimum absolute atomic E-state index is 0.0457. The van der Waals surface area contributed by atoms with Crippen molar-refractivity contribution in [2.45, 2.75) is 83.7 Å². The molecule has 19 heavy (non-hydrogen) atoms. The summed E-state index contributed by atoms with van der Waals surface area (Å²) in [7, 11) is 0. The maximum Gasteiger partial charge on any atom is 0.309 e. The third kappa shape index (κ3) is 6.95. The van der Waals surface area contributed by atoms with Gasteiger partial charge in [0, 0.05) is 6.61 Å². The van der Waals surface area contributed by atoms with Gasteiger partial charge >= 0.3 is 5.97 Å². The third-order valence-corrected chi connectivity index (χ3v) is 4.10. The number of hydrogen-bond acceptors (Lipinski definition) is 2. The van der Waals surface area contributed by atoms with E-state index >= 15 is 0 Å². The van der Waals surface area contributed by atoms with Gasteiger partial charge in [-0.3, -0.25) is 4.79 Å². The average Bonchev–Trinajstić information content (AvgIpc) is 2.63. The van der Waals surface area contributed by atoms with Crippen LogP contribution in [0.25, 0.3) is 0 Å². The van der Waals surface area contributed by atoms with Crippen LogP contribution in [0.5, 0.6) is 0 Å². The molecule has 0 radical (unpaired) electrons. The van der Waals surface area contributed by atoms with E-state index in [4.69, 9.17) is 4.74 Å². The van der Waals surface area contributed by atoms with Crippen molar-refractivity contribution in [3.63, 3.8) is 0 Å². The second-order valence-corrected chi connectivity index (χ2v) is 5.76. The van der Waals surface area contributed by atoms with Gasteiger partial charge < -0.3 is 9.84 Å². The first-order chi connectivity index (χ1) is 9.25. The van der Waals surface area contributed by atoms with Crippen LogP contribution >= 0.6 is 0 Å². The molecule has 1 N–H and O–H groups in total. The predicted molar refractivity (Wildman–Crippen MR) is 77.3 cm³/mol. The summed E-state index contributed by atoms with van der Waals surface area (Å²) in [6, 6.07) is 0. The Labute approximate surface area is 117 Å². The van der Waals surface area contributed by atoms with Crippen molar-refractivity contribution in [1.82, 2.24) is 0 Å². The van der Waals surface area contributed by atoms with Crippen molar-refractivity contribution >= 4 is 5.97 Å². The van der Waals surface area contributed by atoms with E-state index in [1.54, 1.807) is 0 Å². The number of rotatable bonds is 9. The molecule has 0 aliphatic heterocycles. The van der Waals surface area contributed by atoms with E-state index in [9.17, 15) is 9.90 Å². The fourth-order valence-electron chi connectivity index (χ4n) is 2.87. The number of unbranched alkanes of at least 4 members (excludes halogenated alkanes) is 5. The van der Waals surface area contributed by atoms with Crippen LogP contribution in [0.2, 0.25) is 0 Å². The van der Waals surface area contributed by atoms with Crippen LogP contribution in [0.1, 0.15) is 77.6 Å². The standard InChI is InChI=1S/C16H30O3/c1-2-3-4-5-6-10-13-19-15-12-9-7-8-11-14(15)16(17)18/h14-15H,2-13H2,1H3,(H,17,18). The number of carboxylic acid groups (broad SMARTS) is 1. The summed E-state index contributed by atoms with van der Waals surface area (Å²) in [5.41, 5.74) is 0. The minimum atomic E-state index is -0.671. The number of carboxylic acids is 1. The van der Waals surface area contributed by atoms with Gasteiger partial charge in [0.1, 0.15) is 0 Å². The molecule has 1 fully saturated rings. The van der Waals surface area contributed by atoms with E-state index in [1.807, 2.05) is 0 Å². The van der Waals surface area contributed by atoms with Crippen LogP contribution in [-0.2, 0) is 9.53 Å². The highest BCUT2D eigenvalue weighted by molar-refractivity contribution is 5.70. The van der Waals surface area contributed by atoms with Gasteiger partial charge in [0.25, 0.3) is 0 Å². The highest BCUT2D eigenvalue weighted by atomic mass is 16.5. The zero-order chi connectivity index (χ0) is 13.9. The minimum Gasteiger partial charge on any atom is -0.481 e. The van der Waals surface area contributed by atoms with Crippen LogP contribution in [0.3, 0.4) is 0 Å². The van der Waals surface area contributed by atoms with Crippen molar-refractivity contribution < 1.29 is 14.6 Å². The Morgan fingerprint density at radius 3 is 2.47 bits per heavy atom. The molecular formula is C16H30O3. The van der Waals surface area contributed by atoms with Gasteiger partial charge in [-0.1, -0.05) is 58.3 Å². The molecule has 3 heteroatoms. The van der Waals surface area contributed by atoms with Gasteiger partial charge in [-0.2, -0.15) is 0 Å². The Bertz CT molecular complexity index is 240. The van der Waals surface area contributed by atoms with Gasteiger partial charge in [-0.05, 0) is 19.3 Å². The maximum atomic E-state index is 11.2. The lowest BCUT2D eigenvalue weighted by Gasteiger charge is -2.22. The first-order valence-electron chi connectivity index (χ1n) is 8.10. The molecule has 0 spiro atoms. The number of carbonyl (C=O) groups is 1. The Kier molecular flexibility index (Phi) is 8.89. The van der Waals surface area contributed by atoms with Crippen molar-refractivity contribution in [1.29, 1.82) is 0 Å². The molecular weight excluding hydrogens is 240 g/mol. The molecule has 0 bridgehead atoms. The molecule has 1 saturated carbocycles. The predicted octanol–water partition coefficient (Wildman–Crippen LogP) is 4.40. The SMILES string of the molecule is CCCCCCCCOC1CCCCCC1C(=O)O. The summed E-state index contributed by atoms with van der Waals surface area (Å²) < 4.78 is 5.86. The molecule has 0 amide bonds. The van der Waals surface area contributed by atoms with Gasteiger partial charge in [-0.15, -0.1) is 0 Å². The number of hydrogen-bond donors (Lipinski definition) is 1. The Balaban J connectivity index is 2.16. The number of aliphatic carboxylic acids is 1. The molecule has 2 unspecified atom stereocenters. The van der Waals surface area contributed by atoms with Crippen LogP contribution < -0.4 is 0 Å². The van der Waals surface area contributed by atoms with E-state index in [1.165, 1.54) is 32.1 Å². The Morgan fingerprint density at radius 2 is 1.74 bits per heavy atom. The molecule has 112 valence electrons. The maximum absolute atomic E-state index is 11.2. The van der Waals surface area contributed by atoms with Gasteiger partial charge in [0.15, 0.2) is 0 Å². The smallest absolute Gasteiger partial charge is 0.309 e. The third-order valence-electron chi connectivity index (χ3n) is 4.10. The van der Waals surface area contributed by atoms with Crippen LogP contribution in [0, 0.1) is 5.92 Å². The molecule has 0 aromatic rings. The first kappa shape index (κ1) is 16.5. The van der Waals surface area contributed by atoms with Crippen molar-refractivity contribution in [2.75, 3.05) is 6.61 Å². The first-order valence-corrected chi connectivity index (χ1v) is 8.10. The molecule has 1 aliphatic rings. The highest BCUT2D eigenvalue weighted by Crippen LogP contribution is 2.26.